The van der Waals surface area contributed by atoms with E-state index in [-0.39, 0.29) is 11.1 Å². The molecule has 0 amide bonds. The van der Waals surface area contributed by atoms with Crippen LogP contribution in [0.5, 0.6) is 0 Å². The van der Waals surface area contributed by atoms with Crippen LogP contribution < -0.4 is 5.56 Å². The third-order valence-corrected chi connectivity index (χ3v) is 2.69. The predicted molar refractivity (Wildman–Crippen MR) is 65.1 cm³/mol. The van der Waals surface area contributed by atoms with Gasteiger partial charge in [0.15, 0.2) is 6.29 Å². The maximum Gasteiger partial charge on any atom is 0.261 e. The molecule has 0 aliphatic carbocycles. The van der Waals surface area contributed by atoms with Gasteiger partial charge in [0, 0.05) is 12.2 Å². The Labute approximate surface area is 96.1 Å². The molecular weight excluding hydrogens is 202 g/mol. The van der Waals surface area contributed by atoms with Crippen LogP contribution in [-0.2, 0) is 6.54 Å². The van der Waals surface area contributed by atoms with Crippen molar-refractivity contribution in [3.63, 3.8) is 0 Å². The van der Waals surface area contributed by atoms with Gasteiger partial charge in [-0.3, -0.25) is 9.59 Å². The van der Waals surface area contributed by atoms with Gasteiger partial charge in [-0.25, -0.2) is 0 Å². The van der Waals surface area contributed by atoms with E-state index in [1.54, 1.807) is 10.6 Å². The summed E-state index contributed by atoms with van der Waals surface area (Å²) >= 11 is 0. The molecule has 16 heavy (non-hydrogen) atoms. The number of hydrogen-bond donors (Lipinski definition) is 0. The smallest absolute Gasteiger partial charge is 0.261 e. The average Bonchev–Trinajstić information content (AvgIpc) is 2.26. The van der Waals surface area contributed by atoms with Gasteiger partial charge in [0.2, 0.25) is 0 Å². The molecule has 0 saturated heterocycles. The number of pyridine rings is 1. The molecule has 3 nitrogen and oxygen atoms in total. The van der Waals surface area contributed by atoms with Crippen LogP contribution in [0, 0.1) is 0 Å². The van der Waals surface area contributed by atoms with Crippen LogP contribution in [0.15, 0.2) is 16.9 Å². The lowest BCUT2D eigenvalue weighted by atomic mass is 10.1. The highest BCUT2D eigenvalue weighted by molar-refractivity contribution is 5.73. The Morgan fingerprint density at radius 3 is 2.56 bits per heavy atom. The van der Waals surface area contributed by atoms with Gasteiger partial charge in [-0.15, -0.1) is 0 Å². The summed E-state index contributed by atoms with van der Waals surface area (Å²) in [5.74, 6) is 0.297. The Kier molecular flexibility index (Phi) is 4.47. The van der Waals surface area contributed by atoms with Crippen LogP contribution in [-0.4, -0.2) is 10.9 Å². The van der Waals surface area contributed by atoms with Gasteiger partial charge >= 0.3 is 0 Å². The molecule has 3 heteroatoms. The quantitative estimate of drug-likeness (QED) is 0.717. The maximum absolute atomic E-state index is 12.0. The summed E-state index contributed by atoms with van der Waals surface area (Å²) in [6.07, 6.45) is 2.63. The highest BCUT2D eigenvalue weighted by Crippen LogP contribution is 2.13. The van der Waals surface area contributed by atoms with Crippen molar-refractivity contribution in [1.29, 1.82) is 0 Å². The maximum atomic E-state index is 12.0. The van der Waals surface area contributed by atoms with Crippen molar-refractivity contribution in [3.8, 4) is 0 Å². The summed E-state index contributed by atoms with van der Waals surface area (Å²) in [6.45, 7) is 6.89. The standard InChI is InChI=1S/C13H19NO2/c1-4-5-8-14-12(10(2)3)7-6-11(9-15)13(14)16/h6-7,9-10H,4-5,8H2,1-3H3. The van der Waals surface area contributed by atoms with E-state index >= 15 is 0 Å². The van der Waals surface area contributed by atoms with Crippen molar-refractivity contribution in [2.75, 3.05) is 0 Å². The molecule has 0 saturated carbocycles. The molecule has 88 valence electrons. The molecule has 0 bridgehead atoms. The van der Waals surface area contributed by atoms with E-state index in [0.29, 0.717) is 18.7 Å². The van der Waals surface area contributed by atoms with Crippen LogP contribution in [0.4, 0.5) is 0 Å². The summed E-state index contributed by atoms with van der Waals surface area (Å²) in [6, 6.07) is 3.50. The number of nitrogens with zero attached hydrogens (tertiary/aromatic N) is 1. The minimum Gasteiger partial charge on any atom is -0.312 e. The number of aromatic nitrogens is 1. The zero-order valence-corrected chi connectivity index (χ0v) is 10.2. The van der Waals surface area contributed by atoms with Crippen LogP contribution in [0.2, 0.25) is 0 Å². The van der Waals surface area contributed by atoms with Gasteiger partial charge in [-0.1, -0.05) is 27.2 Å². The molecule has 1 aromatic rings. The lowest BCUT2D eigenvalue weighted by Gasteiger charge is -2.15. The highest BCUT2D eigenvalue weighted by atomic mass is 16.1. The van der Waals surface area contributed by atoms with E-state index in [9.17, 15) is 9.59 Å². The van der Waals surface area contributed by atoms with Gasteiger partial charge in [-0.05, 0) is 24.5 Å². The number of rotatable bonds is 5. The molecule has 0 N–H and O–H groups in total. The first-order valence-corrected chi connectivity index (χ1v) is 5.80. The molecule has 0 aliphatic rings. The van der Waals surface area contributed by atoms with Crippen LogP contribution in [0.1, 0.15) is 55.6 Å². The Balaban J connectivity index is 3.25. The van der Waals surface area contributed by atoms with E-state index in [1.165, 1.54) is 0 Å². The van der Waals surface area contributed by atoms with Crippen molar-refractivity contribution in [2.24, 2.45) is 0 Å². The number of carbonyl (C=O) groups excluding carboxylic acids is 1. The Bertz CT molecular complexity index is 418. The molecule has 0 spiro atoms. The minimum absolute atomic E-state index is 0.158. The monoisotopic (exact) mass is 221 g/mol. The molecule has 0 atom stereocenters. The Hall–Kier alpha value is -1.38. The molecule has 0 unspecified atom stereocenters. The fourth-order valence-corrected chi connectivity index (χ4v) is 1.75. The first-order chi connectivity index (χ1) is 7.61. The van der Waals surface area contributed by atoms with Crippen molar-refractivity contribution in [3.05, 3.63) is 33.7 Å². The first kappa shape index (κ1) is 12.7. The average molecular weight is 221 g/mol. The highest BCUT2D eigenvalue weighted by Gasteiger charge is 2.10. The van der Waals surface area contributed by atoms with Crippen molar-refractivity contribution in [2.45, 2.75) is 46.1 Å². The molecule has 0 fully saturated rings. The second-order valence-electron chi connectivity index (χ2n) is 4.30. The van der Waals surface area contributed by atoms with Gasteiger partial charge in [0.1, 0.15) is 0 Å². The third-order valence-electron chi connectivity index (χ3n) is 2.69. The SMILES string of the molecule is CCCCn1c(C(C)C)ccc(C=O)c1=O. The molecule has 1 rings (SSSR count). The summed E-state index contributed by atoms with van der Waals surface area (Å²) < 4.78 is 1.73. The first-order valence-electron chi connectivity index (χ1n) is 5.80. The number of aldehydes is 1. The van der Waals surface area contributed by atoms with E-state index in [4.69, 9.17) is 0 Å². The normalized spacial score (nSPS) is 10.8. The second kappa shape index (κ2) is 5.64. The van der Waals surface area contributed by atoms with Crippen LogP contribution in [0.3, 0.4) is 0 Å². The summed E-state index contributed by atoms with van der Waals surface area (Å²) in [5.41, 5.74) is 1.10. The van der Waals surface area contributed by atoms with Crippen molar-refractivity contribution in [1.82, 2.24) is 4.57 Å². The van der Waals surface area contributed by atoms with E-state index in [1.807, 2.05) is 6.07 Å². The van der Waals surface area contributed by atoms with Gasteiger partial charge in [-0.2, -0.15) is 0 Å². The van der Waals surface area contributed by atoms with Gasteiger partial charge in [0.25, 0.3) is 5.56 Å². The number of unbranched alkanes of at least 4 members (excludes halogenated alkanes) is 1. The largest absolute Gasteiger partial charge is 0.312 e. The molecule has 0 aromatic carbocycles. The molecule has 1 heterocycles. The lowest BCUT2D eigenvalue weighted by molar-refractivity contribution is 0.112. The molecule has 0 radical (unpaired) electrons. The Morgan fingerprint density at radius 2 is 2.06 bits per heavy atom. The number of carbonyl (C=O) groups is 1. The zero-order valence-electron chi connectivity index (χ0n) is 10.2. The lowest BCUT2D eigenvalue weighted by Crippen LogP contribution is -2.27. The molecular formula is C13H19NO2. The minimum atomic E-state index is -0.158. The van der Waals surface area contributed by atoms with Crippen molar-refractivity contribution >= 4 is 6.29 Å². The Morgan fingerprint density at radius 1 is 1.38 bits per heavy atom. The van der Waals surface area contributed by atoms with Gasteiger partial charge < -0.3 is 4.57 Å². The third kappa shape index (κ3) is 2.60. The second-order valence-corrected chi connectivity index (χ2v) is 4.30. The van der Waals surface area contributed by atoms with E-state index in [2.05, 4.69) is 20.8 Å². The predicted octanol–water partition coefficient (Wildman–Crippen LogP) is 2.58. The van der Waals surface area contributed by atoms with Crippen LogP contribution in [0.25, 0.3) is 0 Å². The van der Waals surface area contributed by atoms with Crippen molar-refractivity contribution < 1.29 is 4.79 Å². The van der Waals surface area contributed by atoms with E-state index < -0.39 is 0 Å². The molecule has 0 aliphatic heterocycles. The fraction of sp³-hybridized carbons (Fsp3) is 0.538. The topological polar surface area (TPSA) is 39.1 Å². The summed E-state index contributed by atoms with van der Waals surface area (Å²) in [7, 11) is 0. The summed E-state index contributed by atoms with van der Waals surface area (Å²) in [5, 5.41) is 0. The zero-order chi connectivity index (χ0) is 12.1. The van der Waals surface area contributed by atoms with Gasteiger partial charge in [0.05, 0.1) is 5.56 Å². The summed E-state index contributed by atoms with van der Waals surface area (Å²) in [4.78, 5) is 22.7. The fourth-order valence-electron chi connectivity index (χ4n) is 1.75. The molecule has 1 aromatic heterocycles. The number of hydrogen-bond acceptors (Lipinski definition) is 2. The van der Waals surface area contributed by atoms with Crippen LogP contribution >= 0.6 is 0 Å². The van der Waals surface area contributed by atoms with E-state index in [0.717, 1.165) is 18.5 Å².